The zero-order valence-corrected chi connectivity index (χ0v) is 11.0. The first-order chi connectivity index (χ1) is 8.83. The SMILES string of the molecule is CCCOCCOc1nnc(Cl)c2ccccc12. The van der Waals surface area contributed by atoms with Gasteiger partial charge in [0.05, 0.1) is 6.61 Å². The Morgan fingerprint density at radius 1 is 1.06 bits per heavy atom. The van der Waals surface area contributed by atoms with Crippen molar-refractivity contribution in [2.24, 2.45) is 0 Å². The van der Waals surface area contributed by atoms with Crippen molar-refractivity contribution in [2.45, 2.75) is 13.3 Å². The summed E-state index contributed by atoms with van der Waals surface area (Å²) in [5.74, 6) is 0.495. The second-order valence-electron chi connectivity index (χ2n) is 3.80. The van der Waals surface area contributed by atoms with Gasteiger partial charge >= 0.3 is 0 Å². The van der Waals surface area contributed by atoms with Gasteiger partial charge in [-0.15, -0.1) is 10.2 Å². The van der Waals surface area contributed by atoms with Crippen LogP contribution in [0, 0.1) is 0 Å². The van der Waals surface area contributed by atoms with Crippen molar-refractivity contribution in [1.29, 1.82) is 0 Å². The van der Waals surface area contributed by atoms with Crippen LogP contribution >= 0.6 is 11.6 Å². The maximum Gasteiger partial charge on any atom is 0.241 e. The number of ether oxygens (including phenoxy) is 2. The number of halogens is 1. The van der Waals surface area contributed by atoms with E-state index in [4.69, 9.17) is 21.1 Å². The van der Waals surface area contributed by atoms with E-state index < -0.39 is 0 Å². The number of benzene rings is 1. The molecule has 0 bridgehead atoms. The Bertz CT molecular complexity index is 519. The van der Waals surface area contributed by atoms with Crippen LogP contribution < -0.4 is 4.74 Å². The summed E-state index contributed by atoms with van der Waals surface area (Å²) >= 11 is 5.98. The fourth-order valence-corrected chi connectivity index (χ4v) is 1.80. The van der Waals surface area contributed by atoms with Gasteiger partial charge < -0.3 is 9.47 Å². The van der Waals surface area contributed by atoms with Gasteiger partial charge in [0, 0.05) is 17.4 Å². The molecule has 0 aliphatic rings. The highest BCUT2D eigenvalue weighted by Crippen LogP contribution is 2.26. The van der Waals surface area contributed by atoms with Crippen molar-refractivity contribution in [2.75, 3.05) is 19.8 Å². The monoisotopic (exact) mass is 266 g/mol. The Hall–Kier alpha value is -1.39. The van der Waals surface area contributed by atoms with E-state index in [-0.39, 0.29) is 0 Å². The summed E-state index contributed by atoms with van der Waals surface area (Å²) in [4.78, 5) is 0. The van der Waals surface area contributed by atoms with E-state index in [2.05, 4.69) is 17.1 Å². The van der Waals surface area contributed by atoms with Crippen LogP contribution in [-0.2, 0) is 4.74 Å². The first-order valence-electron chi connectivity index (χ1n) is 5.94. The van der Waals surface area contributed by atoms with Gasteiger partial charge in [0.1, 0.15) is 6.61 Å². The lowest BCUT2D eigenvalue weighted by Crippen LogP contribution is -2.08. The van der Waals surface area contributed by atoms with Gasteiger partial charge in [-0.2, -0.15) is 0 Å². The number of nitrogens with zero attached hydrogens (tertiary/aromatic N) is 2. The number of hydrogen-bond donors (Lipinski definition) is 0. The second-order valence-corrected chi connectivity index (χ2v) is 4.16. The van der Waals surface area contributed by atoms with Gasteiger partial charge in [0.25, 0.3) is 0 Å². The van der Waals surface area contributed by atoms with Gasteiger partial charge in [0.2, 0.25) is 5.88 Å². The number of aromatic nitrogens is 2. The lowest BCUT2D eigenvalue weighted by molar-refractivity contribution is 0.0993. The third kappa shape index (κ3) is 3.09. The molecule has 0 fully saturated rings. The van der Waals surface area contributed by atoms with Crippen molar-refractivity contribution < 1.29 is 9.47 Å². The smallest absolute Gasteiger partial charge is 0.241 e. The van der Waals surface area contributed by atoms with E-state index in [0.717, 1.165) is 23.8 Å². The molecular formula is C13H15ClN2O2. The molecule has 0 saturated heterocycles. The summed E-state index contributed by atoms with van der Waals surface area (Å²) in [6, 6.07) is 7.63. The summed E-state index contributed by atoms with van der Waals surface area (Å²) in [7, 11) is 0. The van der Waals surface area contributed by atoms with Crippen LogP contribution in [0.3, 0.4) is 0 Å². The Morgan fingerprint density at radius 3 is 2.61 bits per heavy atom. The first-order valence-corrected chi connectivity index (χ1v) is 6.32. The quantitative estimate of drug-likeness (QED) is 0.754. The van der Waals surface area contributed by atoms with E-state index in [1.54, 1.807) is 0 Å². The largest absolute Gasteiger partial charge is 0.474 e. The average molecular weight is 267 g/mol. The topological polar surface area (TPSA) is 44.2 Å². The van der Waals surface area contributed by atoms with E-state index in [9.17, 15) is 0 Å². The third-order valence-electron chi connectivity index (χ3n) is 2.42. The Balaban J connectivity index is 2.07. The molecule has 2 aromatic rings. The van der Waals surface area contributed by atoms with Crippen molar-refractivity contribution in [1.82, 2.24) is 10.2 Å². The van der Waals surface area contributed by atoms with Gasteiger partial charge in [-0.3, -0.25) is 0 Å². The molecule has 0 aliphatic carbocycles. The number of fused-ring (bicyclic) bond motifs is 1. The molecule has 0 spiro atoms. The molecule has 0 amide bonds. The van der Waals surface area contributed by atoms with Crippen LogP contribution in [-0.4, -0.2) is 30.0 Å². The zero-order valence-electron chi connectivity index (χ0n) is 10.2. The van der Waals surface area contributed by atoms with Crippen LogP contribution in [0.5, 0.6) is 5.88 Å². The minimum Gasteiger partial charge on any atom is -0.474 e. The molecule has 1 heterocycles. The molecule has 0 radical (unpaired) electrons. The summed E-state index contributed by atoms with van der Waals surface area (Å²) in [6.45, 7) is 3.82. The van der Waals surface area contributed by atoms with E-state index in [1.165, 1.54) is 0 Å². The number of hydrogen-bond acceptors (Lipinski definition) is 4. The zero-order chi connectivity index (χ0) is 12.8. The fraction of sp³-hybridized carbons (Fsp3) is 0.385. The molecular weight excluding hydrogens is 252 g/mol. The van der Waals surface area contributed by atoms with Gasteiger partial charge in [-0.25, -0.2) is 0 Å². The van der Waals surface area contributed by atoms with Gasteiger partial charge in [-0.05, 0) is 12.5 Å². The molecule has 0 saturated carbocycles. The average Bonchev–Trinajstić information content (AvgIpc) is 2.41. The van der Waals surface area contributed by atoms with E-state index in [1.807, 2.05) is 24.3 Å². The normalized spacial score (nSPS) is 10.8. The van der Waals surface area contributed by atoms with Crippen molar-refractivity contribution >= 4 is 22.4 Å². The molecule has 18 heavy (non-hydrogen) atoms. The highest BCUT2D eigenvalue weighted by atomic mass is 35.5. The Labute approximate surface area is 111 Å². The maximum absolute atomic E-state index is 5.98. The predicted octanol–water partition coefficient (Wildman–Crippen LogP) is 3.09. The van der Waals surface area contributed by atoms with Gasteiger partial charge in [0.15, 0.2) is 5.15 Å². The lowest BCUT2D eigenvalue weighted by Gasteiger charge is -2.08. The molecule has 96 valence electrons. The molecule has 1 aromatic heterocycles. The molecule has 0 aliphatic heterocycles. The summed E-state index contributed by atoms with van der Waals surface area (Å²) in [5.41, 5.74) is 0. The van der Waals surface area contributed by atoms with E-state index >= 15 is 0 Å². The molecule has 4 nitrogen and oxygen atoms in total. The van der Waals surface area contributed by atoms with Crippen LogP contribution in [0.25, 0.3) is 10.8 Å². The maximum atomic E-state index is 5.98. The minimum absolute atomic E-state index is 0.389. The van der Waals surface area contributed by atoms with E-state index in [0.29, 0.717) is 24.2 Å². The standard InChI is InChI=1S/C13H15ClN2O2/c1-2-7-17-8-9-18-13-11-6-4-3-5-10(11)12(14)15-16-13/h3-6H,2,7-9H2,1H3. The van der Waals surface area contributed by atoms with Crippen LogP contribution in [0.1, 0.15) is 13.3 Å². The number of rotatable bonds is 6. The minimum atomic E-state index is 0.389. The fourth-order valence-electron chi connectivity index (χ4n) is 1.60. The Kier molecular flexibility index (Phi) is 4.73. The third-order valence-corrected chi connectivity index (χ3v) is 2.70. The highest BCUT2D eigenvalue weighted by Gasteiger charge is 2.07. The summed E-state index contributed by atoms with van der Waals surface area (Å²) < 4.78 is 10.9. The van der Waals surface area contributed by atoms with Crippen LogP contribution in [0.15, 0.2) is 24.3 Å². The first kappa shape index (κ1) is 13.1. The Morgan fingerprint density at radius 2 is 1.83 bits per heavy atom. The van der Waals surface area contributed by atoms with Crippen LogP contribution in [0.2, 0.25) is 5.15 Å². The predicted molar refractivity (Wildman–Crippen MR) is 71.2 cm³/mol. The lowest BCUT2D eigenvalue weighted by atomic mass is 10.2. The molecule has 0 unspecified atom stereocenters. The summed E-state index contributed by atoms with van der Waals surface area (Å²) in [6.07, 6.45) is 1.00. The van der Waals surface area contributed by atoms with Gasteiger partial charge in [-0.1, -0.05) is 36.7 Å². The summed E-state index contributed by atoms with van der Waals surface area (Å²) in [5, 5.41) is 9.94. The second kappa shape index (κ2) is 6.52. The van der Waals surface area contributed by atoms with Crippen molar-refractivity contribution in [3.8, 4) is 5.88 Å². The molecule has 2 rings (SSSR count). The molecule has 1 aromatic carbocycles. The molecule has 0 atom stereocenters. The highest BCUT2D eigenvalue weighted by molar-refractivity contribution is 6.34. The van der Waals surface area contributed by atoms with Crippen molar-refractivity contribution in [3.63, 3.8) is 0 Å². The van der Waals surface area contributed by atoms with Crippen LogP contribution in [0.4, 0.5) is 0 Å². The van der Waals surface area contributed by atoms with Crippen molar-refractivity contribution in [3.05, 3.63) is 29.4 Å². The molecule has 5 heteroatoms. The molecule has 0 N–H and O–H groups in total.